The molecule has 0 bridgehead atoms. The van der Waals surface area contributed by atoms with Gasteiger partial charge in [-0.05, 0) is 61.7 Å². The minimum absolute atomic E-state index is 0.0460. The topological polar surface area (TPSA) is 56.8 Å². The molecular formula is C21H21ClN4O. The fraction of sp³-hybridized carbons (Fsp3) is 0.286. The molecule has 138 valence electrons. The molecular weight excluding hydrogens is 360 g/mol. The third-order valence-electron chi connectivity index (χ3n) is 5.71. The summed E-state index contributed by atoms with van der Waals surface area (Å²) in [6, 6.07) is 12.4. The Morgan fingerprint density at radius 1 is 1.11 bits per heavy atom. The molecule has 0 aliphatic carbocycles. The first-order valence-electron chi connectivity index (χ1n) is 9.32. The molecule has 5 rings (SSSR count). The van der Waals surface area contributed by atoms with E-state index in [1.165, 1.54) is 22.2 Å². The number of H-pyrrole nitrogens is 2. The highest BCUT2D eigenvalue weighted by atomic mass is 35.5. The highest BCUT2D eigenvalue weighted by molar-refractivity contribution is 6.31. The van der Waals surface area contributed by atoms with Gasteiger partial charge in [0, 0.05) is 46.9 Å². The van der Waals surface area contributed by atoms with Crippen LogP contribution in [0.2, 0.25) is 5.02 Å². The summed E-state index contributed by atoms with van der Waals surface area (Å²) >= 11 is 6.06. The summed E-state index contributed by atoms with van der Waals surface area (Å²) in [6.07, 6.45) is 3.88. The number of rotatable bonds is 2. The largest absolute Gasteiger partial charge is 0.371 e. The number of nitrogens with zero attached hydrogens (tertiary/aromatic N) is 2. The number of fused-ring (bicyclic) bond motifs is 2. The molecule has 2 N–H and O–H groups in total. The second-order valence-electron chi connectivity index (χ2n) is 7.38. The zero-order valence-electron chi connectivity index (χ0n) is 15.1. The molecule has 1 aliphatic rings. The average Bonchev–Trinajstić information content (AvgIpc) is 3.25. The Bertz CT molecular complexity index is 1190. The van der Waals surface area contributed by atoms with Crippen molar-refractivity contribution in [2.45, 2.75) is 25.8 Å². The number of aryl methyl sites for hydroxylation is 1. The van der Waals surface area contributed by atoms with Gasteiger partial charge in [0.05, 0.1) is 11.0 Å². The molecule has 0 radical (unpaired) electrons. The van der Waals surface area contributed by atoms with Crippen LogP contribution >= 0.6 is 11.6 Å². The van der Waals surface area contributed by atoms with Crippen LogP contribution in [0, 0.1) is 6.92 Å². The van der Waals surface area contributed by atoms with Gasteiger partial charge >= 0.3 is 5.69 Å². The van der Waals surface area contributed by atoms with E-state index in [9.17, 15) is 4.79 Å². The molecule has 5 nitrogen and oxygen atoms in total. The van der Waals surface area contributed by atoms with Gasteiger partial charge in [0.1, 0.15) is 0 Å². The number of benzene rings is 2. The fourth-order valence-corrected chi connectivity index (χ4v) is 4.54. The van der Waals surface area contributed by atoms with Crippen LogP contribution in [-0.2, 0) is 0 Å². The molecule has 1 aliphatic heterocycles. The lowest BCUT2D eigenvalue weighted by atomic mass is 10.0. The van der Waals surface area contributed by atoms with Crippen LogP contribution in [0.15, 0.2) is 47.4 Å². The monoisotopic (exact) mass is 380 g/mol. The molecule has 6 heteroatoms. The quantitative estimate of drug-likeness (QED) is 0.533. The Kier molecular flexibility index (Phi) is 3.79. The molecule has 0 saturated carbocycles. The van der Waals surface area contributed by atoms with E-state index in [0.29, 0.717) is 5.02 Å². The van der Waals surface area contributed by atoms with Gasteiger partial charge < -0.3 is 14.9 Å². The second-order valence-corrected chi connectivity index (χ2v) is 7.82. The molecule has 27 heavy (non-hydrogen) atoms. The molecule has 2 aromatic carbocycles. The zero-order chi connectivity index (χ0) is 18.5. The molecule has 3 heterocycles. The van der Waals surface area contributed by atoms with Gasteiger partial charge in [0.25, 0.3) is 0 Å². The van der Waals surface area contributed by atoms with Gasteiger partial charge in [-0.25, -0.2) is 4.79 Å². The maximum atomic E-state index is 12.5. The molecule has 4 aromatic rings. The van der Waals surface area contributed by atoms with Crippen molar-refractivity contribution in [3.05, 3.63) is 63.7 Å². The normalized spacial score (nSPS) is 15.9. The number of hydrogen-bond donors (Lipinski definition) is 2. The summed E-state index contributed by atoms with van der Waals surface area (Å²) in [4.78, 5) is 21.2. The summed E-state index contributed by atoms with van der Waals surface area (Å²) < 4.78 is 1.91. The number of aromatic nitrogens is 3. The zero-order valence-corrected chi connectivity index (χ0v) is 15.9. The Morgan fingerprint density at radius 3 is 2.74 bits per heavy atom. The number of aromatic amines is 2. The van der Waals surface area contributed by atoms with Crippen LogP contribution in [0.1, 0.15) is 24.4 Å². The van der Waals surface area contributed by atoms with Crippen molar-refractivity contribution in [1.29, 1.82) is 0 Å². The Morgan fingerprint density at radius 2 is 1.93 bits per heavy atom. The summed E-state index contributed by atoms with van der Waals surface area (Å²) in [5, 5.41) is 1.89. The number of halogens is 1. The standard InChI is InChI=1S/C21H21ClN4O/c1-13-10-17(11-14-4-7-23-20(13)14)25-8-5-16(6-9-25)26-19-3-2-15(22)12-18(19)24-21(26)27/h2-4,7,10-12,16,23H,5-6,8-9H2,1H3,(H,24,27). The Labute approximate surface area is 161 Å². The van der Waals surface area contributed by atoms with E-state index in [1.807, 2.05) is 29.0 Å². The number of piperidine rings is 1. The number of anilines is 1. The van der Waals surface area contributed by atoms with Crippen LogP contribution in [0.4, 0.5) is 5.69 Å². The van der Waals surface area contributed by atoms with E-state index in [4.69, 9.17) is 11.6 Å². The van der Waals surface area contributed by atoms with Crippen molar-refractivity contribution in [2.24, 2.45) is 0 Å². The SMILES string of the molecule is Cc1cc(N2CCC(n3c(=O)[nH]c4cc(Cl)ccc43)CC2)cc2cc[nH]c12. The van der Waals surface area contributed by atoms with E-state index in [1.54, 1.807) is 0 Å². The summed E-state index contributed by atoms with van der Waals surface area (Å²) in [6.45, 7) is 4.02. The van der Waals surface area contributed by atoms with Crippen molar-refractivity contribution in [1.82, 2.24) is 14.5 Å². The first-order chi connectivity index (χ1) is 13.1. The number of imidazole rings is 1. The van der Waals surface area contributed by atoms with Crippen LogP contribution < -0.4 is 10.6 Å². The highest BCUT2D eigenvalue weighted by Gasteiger charge is 2.24. The molecule has 0 atom stereocenters. The van der Waals surface area contributed by atoms with E-state index < -0.39 is 0 Å². The van der Waals surface area contributed by atoms with E-state index in [2.05, 4.69) is 40.0 Å². The predicted octanol–water partition coefficient (Wildman–Crippen LogP) is 4.61. The molecule has 0 spiro atoms. The van der Waals surface area contributed by atoms with E-state index >= 15 is 0 Å². The van der Waals surface area contributed by atoms with Crippen molar-refractivity contribution in [2.75, 3.05) is 18.0 Å². The van der Waals surface area contributed by atoms with Crippen LogP contribution in [0.5, 0.6) is 0 Å². The van der Waals surface area contributed by atoms with Gasteiger partial charge in [-0.1, -0.05) is 11.6 Å². The smallest absolute Gasteiger partial charge is 0.326 e. The van der Waals surface area contributed by atoms with Gasteiger partial charge in [0.15, 0.2) is 0 Å². The van der Waals surface area contributed by atoms with Gasteiger partial charge in [-0.15, -0.1) is 0 Å². The summed E-state index contributed by atoms with van der Waals surface area (Å²) in [7, 11) is 0. The molecule has 0 amide bonds. The van der Waals surface area contributed by atoms with Gasteiger partial charge in [-0.2, -0.15) is 0 Å². The number of hydrogen-bond acceptors (Lipinski definition) is 2. The minimum atomic E-state index is -0.0460. The second kappa shape index (κ2) is 6.20. The lowest BCUT2D eigenvalue weighted by Gasteiger charge is -2.34. The minimum Gasteiger partial charge on any atom is -0.371 e. The molecule has 1 fully saturated rings. The third kappa shape index (κ3) is 2.73. The molecule has 1 saturated heterocycles. The van der Waals surface area contributed by atoms with Crippen LogP contribution in [-0.4, -0.2) is 27.6 Å². The fourth-order valence-electron chi connectivity index (χ4n) is 4.37. The third-order valence-corrected chi connectivity index (χ3v) is 5.95. The molecule has 2 aromatic heterocycles. The van der Waals surface area contributed by atoms with Crippen molar-refractivity contribution >= 4 is 39.2 Å². The summed E-state index contributed by atoms with van der Waals surface area (Å²) in [5.74, 6) is 0. The Balaban J connectivity index is 1.41. The Hall–Kier alpha value is -2.66. The van der Waals surface area contributed by atoms with Gasteiger partial charge in [-0.3, -0.25) is 4.57 Å². The van der Waals surface area contributed by atoms with E-state index in [-0.39, 0.29) is 11.7 Å². The van der Waals surface area contributed by atoms with Crippen molar-refractivity contribution in [3.8, 4) is 0 Å². The van der Waals surface area contributed by atoms with Crippen LogP contribution in [0.25, 0.3) is 21.9 Å². The van der Waals surface area contributed by atoms with Crippen molar-refractivity contribution in [3.63, 3.8) is 0 Å². The highest BCUT2D eigenvalue weighted by Crippen LogP contribution is 2.31. The van der Waals surface area contributed by atoms with Crippen LogP contribution in [0.3, 0.4) is 0 Å². The van der Waals surface area contributed by atoms with Gasteiger partial charge in [0.2, 0.25) is 0 Å². The molecule has 0 unspecified atom stereocenters. The van der Waals surface area contributed by atoms with E-state index in [0.717, 1.165) is 37.0 Å². The van der Waals surface area contributed by atoms with Crippen molar-refractivity contribution < 1.29 is 0 Å². The predicted molar refractivity (Wildman–Crippen MR) is 111 cm³/mol. The number of nitrogens with one attached hydrogen (secondary N) is 2. The first-order valence-corrected chi connectivity index (χ1v) is 9.70. The average molecular weight is 381 g/mol. The lowest BCUT2D eigenvalue weighted by Crippen LogP contribution is -2.37. The first kappa shape index (κ1) is 16.5. The lowest BCUT2D eigenvalue weighted by molar-refractivity contribution is 0.396. The maximum Gasteiger partial charge on any atom is 0.326 e. The maximum absolute atomic E-state index is 12.5. The summed E-state index contributed by atoms with van der Waals surface area (Å²) in [5.41, 5.74) is 5.43.